The number of carbonyl (C=O) groups is 2. The van der Waals surface area contributed by atoms with Crippen LogP contribution < -0.4 is 14.8 Å². The Bertz CT molecular complexity index is 961. The molecule has 1 aliphatic heterocycles. The van der Waals surface area contributed by atoms with E-state index in [4.69, 9.17) is 21.1 Å². The van der Waals surface area contributed by atoms with Gasteiger partial charge in [0, 0.05) is 10.7 Å². The molecule has 0 atom stereocenters. The van der Waals surface area contributed by atoms with E-state index in [0.717, 1.165) is 33.5 Å². The second kappa shape index (κ2) is 8.58. The number of thioether (sulfide) groups is 1. The molecule has 28 heavy (non-hydrogen) atoms. The number of amides is 2. The molecule has 0 aromatic heterocycles. The van der Waals surface area contributed by atoms with Crippen molar-refractivity contribution in [1.29, 1.82) is 0 Å². The van der Waals surface area contributed by atoms with Crippen molar-refractivity contribution in [3.05, 3.63) is 57.5 Å². The quantitative estimate of drug-likeness (QED) is 0.681. The fraction of sp³-hybridized carbons (Fsp3) is 0.200. The van der Waals surface area contributed by atoms with Crippen molar-refractivity contribution in [1.82, 2.24) is 4.90 Å². The molecule has 2 aromatic carbocycles. The molecule has 0 unspecified atom stereocenters. The molecule has 2 amide bonds. The Morgan fingerprint density at radius 2 is 1.86 bits per heavy atom. The number of hydrogen-bond donors (Lipinski definition) is 1. The van der Waals surface area contributed by atoms with Crippen molar-refractivity contribution in [3.8, 4) is 11.5 Å². The second-order valence-corrected chi connectivity index (χ2v) is 7.42. The van der Waals surface area contributed by atoms with Crippen LogP contribution in [0.3, 0.4) is 0 Å². The molecule has 6 nitrogen and oxygen atoms in total. The molecule has 1 saturated heterocycles. The van der Waals surface area contributed by atoms with Crippen molar-refractivity contribution < 1.29 is 19.1 Å². The van der Waals surface area contributed by atoms with Gasteiger partial charge in [-0.1, -0.05) is 23.7 Å². The molecule has 0 saturated carbocycles. The smallest absolute Gasteiger partial charge is 0.295 e. The normalized spacial score (nSPS) is 15.3. The molecular formula is C20H19ClN2O4S. The number of ether oxygens (including phenoxy) is 2. The van der Waals surface area contributed by atoms with Gasteiger partial charge in [-0.15, -0.1) is 0 Å². The number of imide groups is 1. The van der Waals surface area contributed by atoms with Crippen molar-refractivity contribution in [2.75, 3.05) is 26.2 Å². The van der Waals surface area contributed by atoms with E-state index in [2.05, 4.69) is 5.32 Å². The van der Waals surface area contributed by atoms with E-state index >= 15 is 0 Å². The van der Waals surface area contributed by atoms with Gasteiger partial charge >= 0.3 is 0 Å². The Morgan fingerprint density at radius 3 is 2.54 bits per heavy atom. The molecule has 1 N–H and O–H groups in total. The minimum Gasteiger partial charge on any atom is -0.493 e. The maximum Gasteiger partial charge on any atom is 0.295 e. The maximum absolute atomic E-state index is 12.6. The number of rotatable bonds is 6. The number of nitrogens with zero attached hydrogens (tertiary/aromatic N) is 1. The Morgan fingerprint density at radius 1 is 1.11 bits per heavy atom. The molecular weight excluding hydrogens is 400 g/mol. The van der Waals surface area contributed by atoms with E-state index in [1.54, 1.807) is 44.6 Å². The fourth-order valence-corrected chi connectivity index (χ4v) is 3.62. The van der Waals surface area contributed by atoms with Crippen LogP contribution in [0.2, 0.25) is 5.02 Å². The minimum absolute atomic E-state index is 0.0628. The highest BCUT2D eigenvalue weighted by atomic mass is 35.5. The predicted molar refractivity (Wildman–Crippen MR) is 112 cm³/mol. The number of hydrogen-bond acceptors (Lipinski definition) is 6. The molecule has 2 aromatic rings. The van der Waals surface area contributed by atoms with Gasteiger partial charge in [0.15, 0.2) is 11.5 Å². The van der Waals surface area contributed by atoms with E-state index in [-0.39, 0.29) is 17.8 Å². The van der Waals surface area contributed by atoms with E-state index in [1.807, 2.05) is 19.1 Å². The van der Waals surface area contributed by atoms with Crippen molar-refractivity contribution in [2.45, 2.75) is 6.92 Å². The van der Waals surface area contributed by atoms with Crippen LogP contribution >= 0.6 is 23.4 Å². The Balaban J connectivity index is 1.74. The number of halogens is 1. The van der Waals surface area contributed by atoms with Crippen LogP contribution in [0.15, 0.2) is 41.3 Å². The summed E-state index contributed by atoms with van der Waals surface area (Å²) in [5.74, 6) is 0.789. The zero-order valence-corrected chi connectivity index (χ0v) is 17.2. The van der Waals surface area contributed by atoms with Gasteiger partial charge in [-0.3, -0.25) is 14.5 Å². The molecule has 1 aliphatic rings. The summed E-state index contributed by atoms with van der Waals surface area (Å²) in [6, 6.07) is 10.8. The molecule has 0 bridgehead atoms. The van der Waals surface area contributed by atoms with Gasteiger partial charge in [-0.2, -0.15) is 0 Å². The number of nitrogens with one attached hydrogen (secondary N) is 1. The molecule has 0 aliphatic carbocycles. The van der Waals surface area contributed by atoms with Crippen molar-refractivity contribution in [2.24, 2.45) is 0 Å². The van der Waals surface area contributed by atoms with Crippen LogP contribution in [-0.4, -0.2) is 36.9 Å². The average molecular weight is 419 g/mol. The van der Waals surface area contributed by atoms with E-state index in [9.17, 15) is 9.59 Å². The number of aryl methyl sites for hydroxylation is 1. The highest BCUT2D eigenvalue weighted by Crippen LogP contribution is 2.34. The Kier molecular flexibility index (Phi) is 6.16. The lowest BCUT2D eigenvalue weighted by Gasteiger charge is -2.15. The molecule has 1 heterocycles. The summed E-state index contributed by atoms with van der Waals surface area (Å²) < 4.78 is 10.5. The van der Waals surface area contributed by atoms with Gasteiger partial charge in [0.05, 0.1) is 25.8 Å². The third-order valence-electron chi connectivity index (χ3n) is 4.19. The molecule has 8 heteroatoms. The summed E-state index contributed by atoms with van der Waals surface area (Å²) in [5, 5.41) is 3.34. The Hall–Kier alpha value is -2.64. The first-order valence-electron chi connectivity index (χ1n) is 8.40. The summed E-state index contributed by atoms with van der Waals surface area (Å²) in [6.07, 6.45) is 1.66. The van der Waals surface area contributed by atoms with Gasteiger partial charge in [-0.05, 0) is 60.2 Å². The number of anilines is 1. The number of benzene rings is 2. The number of methoxy groups -OCH3 is 2. The lowest BCUT2D eigenvalue weighted by Crippen LogP contribution is -2.33. The van der Waals surface area contributed by atoms with E-state index in [0.29, 0.717) is 21.4 Å². The van der Waals surface area contributed by atoms with E-state index < -0.39 is 0 Å². The van der Waals surface area contributed by atoms with Crippen LogP contribution in [-0.2, 0) is 4.79 Å². The third-order valence-corrected chi connectivity index (χ3v) is 5.51. The monoisotopic (exact) mass is 418 g/mol. The van der Waals surface area contributed by atoms with Crippen LogP contribution in [0.1, 0.15) is 11.1 Å². The predicted octanol–water partition coefficient (Wildman–Crippen LogP) is 4.77. The fourth-order valence-electron chi connectivity index (χ4n) is 2.60. The summed E-state index contributed by atoms with van der Waals surface area (Å²) in [6.45, 7) is 1.97. The molecule has 1 fully saturated rings. The first kappa shape index (κ1) is 20.1. The summed E-state index contributed by atoms with van der Waals surface area (Å²) >= 11 is 7.01. The largest absolute Gasteiger partial charge is 0.493 e. The summed E-state index contributed by atoms with van der Waals surface area (Å²) in [5.41, 5.74) is 2.43. The third kappa shape index (κ3) is 4.26. The van der Waals surface area contributed by atoms with Crippen LogP contribution in [0.25, 0.3) is 6.08 Å². The van der Waals surface area contributed by atoms with Gasteiger partial charge in [-0.25, -0.2) is 0 Å². The molecule has 0 radical (unpaired) electrons. The van der Waals surface area contributed by atoms with Gasteiger partial charge in [0.25, 0.3) is 11.1 Å². The number of carbonyl (C=O) groups excluding carboxylic acids is 2. The lowest BCUT2D eigenvalue weighted by atomic mass is 10.2. The topological polar surface area (TPSA) is 67.9 Å². The first-order chi connectivity index (χ1) is 13.4. The molecule has 3 rings (SSSR count). The standard InChI is InChI=1S/C20H19ClN2O4S/c1-12-4-6-14(10-15(12)21)22-11-23-19(24)18(28-20(23)25)9-13-5-7-16(26-2)17(8-13)27-3/h4-10,22H,11H2,1-3H3/b18-9+. The second-order valence-electron chi connectivity index (χ2n) is 6.02. The summed E-state index contributed by atoms with van der Waals surface area (Å²) in [4.78, 5) is 26.4. The average Bonchev–Trinajstić information content (AvgIpc) is 2.95. The van der Waals surface area contributed by atoms with Crippen LogP contribution in [0.5, 0.6) is 11.5 Å². The molecule has 146 valence electrons. The Labute approximate surface area is 172 Å². The zero-order chi connectivity index (χ0) is 20.3. The SMILES string of the molecule is COc1ccc(/C=C2/SC(=O)N(CNc3ccc(C)c(Cl)c3)C2=O)cc1OC. The van der Waals surface area contributed by atoms with Gasteiger partial charge in [0.2, 0.25) is 0 Å². The first-order valence-corrected chi connectivity index (χ1v) is 9.60. The highest BCUT2D eigenvalue weighted by molar-refractivity contribution is 8.18. The summed E-state index contributed by atoms with van der Waals surface area (Å²) in [7, 11) is 3.09. The van der Waals surface area contributed by atoms with E-state index in [1.165, 1.54) is 0 Å². The maximum atomic E-state index is 12.6. The van der Waals surface area contributed by atoms with Gasteiger partial charge < -0.3 is 14.8 Å². The highest BCUT2D eigenvalue weighted by Gasteiger charge is 2.34. The van der Waals surface area contributed by atoms with Crippen LogP contribution in [0, 0.1) is 6.92 Å². The molecule has 0 spiro atoms. The van der Waals surface area contributed by atoms with Crippen molar-refractivity contribution >= 4 is 46.3 Å². The zero-order valence-electron chi connectivity index (χ0n) is 15.6. The lowest BCUT2D eigenvalue weighted by molar-refractivity contribution is -0.122. The van der Waals surface area contributed by atoms with Crippen LogP contribution in [0.4, 0.5) is 10.5 Å². The van der Waals surface area contributed by atoms with Crippen molar-refractivity contribution in [3.63, 3.8) is 0 Å². The van der Waals surface area contributed by atoms with Gasteiger partial charge in [0.1, 0.15) is 0 Å². The minimum atomic E-state index is -0.351.